The molecule has 1 aromatic carbocycles. The van der Waals surface area contributed by atoms with Crippen LogP contribution in [0.2, 0.25) is 0 Å². The second-order valence-electron chi connectivity index (χ2n) is 7.74. The summed E-state index contributed by atoms with van der Waals surface area (Å²) in [7, 11) is 3.83. The van der Waals surface area contributed by atoms with Crippen LogP contribution in [0.1, 0.15) is 24.5 Å². The molecule has 1 atom stereocenters. The van der Waals surface area contributed by atoms with Crippen molar-refractivity contribution in [1.29, 1.82) is 0 Å². The molecule has 6 nitrogen and oxygen atoms in total. The lowest BCUT2D eigenvalue weighted by Crippen LogP contribution is -2.44. The normalized spacial score (nSPS) is 16.4. The summed E-state index contributed by atoms with van der Waals surface area (Å²) in [6.07, 6.45) is 2.47. The van der Waals surface area contributed by atoms with Crippen molar-refractivity contribution in [3.8, 4) is 0 Å². The number of rotatable bonds is 7. The number of benzene rings is 1. The molecule has 0 spiro atoms. The maximum absolute atomic E-state index is 14.0. The number of nitrogens with one attached hydrogen (secondary N) is 2. The monoisotopic (exact) mass is 544 g/mol. The topological polar surface area (TPSA) is 55.8 Å². The van der Waals surface area contributed by atoms with Gasteiger partial charge in [0, 0.05) is 44.0 Å². The average molecular weight is 544 g/mol. The zero-order valence-electron chi connectivity index (χ0n) is 18.2. The molecule has 0 amide bonds. The Bertz CT molecular complexity index is 877. The Kier molecular flexibility index (Phi) is 9.89. The molecule has 0 saturated carbocycles. The van der Waals surface area contributed by atoms with E-state index in [0.29, 0.717) is 37.0 Å². The summed E-state index contributed by atoms with van der Waals surface area (Å²) in [5, 5.41) is 6.68. The third-order valence-corrected chi connectivity index (χ3v) is 4.93. The number of nitrogens with zero attached hydrogens (tertiary/aromatic N) is 4. The number of hydrogen-bond donors (Lipinski definition) is 2. The molecule has 9 heteroatoms. The van der Waals surface area contributed by atoms with Gasteiger partial charge in [0.05, 0.1) is 6.54 Å². The van der Waals surface area contributed by atoms with E-state index in [-0.39, 0.29) is 41.7 Å². The molecule has 0 bridgehead atoms. The van der Waals surface area contributed by atoms with Gasteiger partial charge in [-0.05, 0) is 57.3 Å². The van der Waals surface area contributed by atoms with Crippen LogP contribution in [0.4, 0.5) is 14.6 Å². The SMILES string of the molecule is CCNC(=NCc1ccc(F)c(CN(C)C)c1)NC1CCN(c2ncccc2F)C1.I. The smallest absolute Gasteiger partial charge is 0.191 e. The highest BCUT2D eigenvalue weighted by Gasteiger charge is 2.25. The van der Waals surface area contributed by atoms with Crippen LogP contribution in [-0.4, -0.2) is 55.6 Å². The maximum atomic E-state index is 14.0. The van der Waals surface area contributed by atoms with E-state index >= 15 is 0 Å². The largest absolute Gasteiger partial charge is 0.357 e. The van der Waals surface area contributed by atoms with Crippen molar-refractivity contribution >= 4 is 35.8 Å². The van der Waals surface area contributed by atoms with Crippen molar-refractivity contribution in [1.82, 2.24) is 20.5 Å². The fourth-order valence-corrected chi connectivity index (χ4v) is 3.55. The van der Waals surface area contributed by atoms with Crippen molar-refractivity contribution < 1.29 is 8.78 Å². The lowest BCUT2D eigenvalue weighted by Gasteiger charge is -2.20. The van der Waals surface area contributed by atoms with Crippen LogP contribution in [0.15, 0.2) is 41.5 Å². The molecule has 2 N–H and O–H groups in total. The van der Waals surface area contributed by atoms with Crippen molar-refractivity contribution in [2.45, 2.75) is 32.5 Å². The first kappa shape index (κ1) is 25.3. The highest BCUT2D eigenvalue weighted by molar-refractivity contribution is 14.0. The van der Waals surface area contributed by atoms with Crippen LogP contribution in [0.25, 0.3) is 0 Å². The van der Waals surface area contributed by atoms with Gasteiger partial charge < -0.3 is 20.4 Å². The fraction of sp³-hybridized carbons (Fsp3) is 0.455. The minimum atomic E-state index is -0.302. The van der Waals surface area contributed by atoms with Gasteiger partial charge in [0.1, 0.15) is 5.82 Å². The number of anilines is 1. The molecular formula is C22H31F2IN6. The highest BCUT2D eigenvalue weighted by atomic mass is 127. The molecule has 1 fully saturated rings. The third kappa shape index (κ3) is 7.27. The Morgan fingerprint density at radius 3 is 2.77 bits per heavy atom. The van der Waals surface area contributed by atoms with Crippen molar-refractivity contribution in [3.63, 3.8) is 0 Å². The van der Waals surface area contributed by atoms with Gasteiger partial charge in [-0.15, -0.1) is 24.0 Å². The number of aromatic nitrogens is 1. The Balaban J connectivity index is 0.00000341. The molecule has 1 saturated heterocycles. The van der Waals surface area contributed by atoms with E-state index < -0.39 is 0 Å². The van der Waals surface area contributed by atoms with Gasteiger partial charge in [0.2, 0.25) is 0 Å². The second-order valence-corrected chi connectivity index (χ2v) is 7.74. The van der Waals surface area contributed by atoms with E-state index in [1.165, 1.54) is 12.1 Å². The number of guanidine groups is 1. The molecule has 1 aliphatic rings. The van der Waals surface area contributed by atoms with Crippen LogP contribution in [0, 0.1) is 11.6 Å². The van der Waals surface area contributed by atoms with E-state index in [1.807, 2.05) is 36.9 Å². The molecule has 1 aliphatic heterocycles. The average Bonchev–Trinajstić information content (AvgIpc) is 3.17. The summed E-state index contributed by atoms with van der Waals surface area (Å²) in [5.41, 5.74) is 1.61. The number of pyridine rings is 1. The number of hydrogen-bond acceptors (Lipinski definition) is 4. The Hall–Kier alpha value is -2.01. The fourth-order valence-electron chi connectivity index (χ4n) is 3.55. The molecular weight excluding hydrogens is 513 g/mol. The Morgan fingerprint density at radius 1 is 1.26 bits per heavy atom. The van der Waals surface area contributed by atoms with Crippen molar-refractivity contribution in [3.05, 3.63) is 59.3 Å². The number of aliphatic imine (C=N–C) groups is 1. The van der Waals surface area contributed by atoms with Gasteiger partial charge in [0.15, 0.2) is 17.6 Å². The predicted octanol–water partition coefficient (Wildman–Crippen LogP) is 3.37. The minimum absolute atomic E-state index is 0. The van der Waals surface area contributed by atoms with E-state index in [1.54, 1.807) is 18.3 Å². The van der Waals surface area contributed by atoms with Gasteiger partial charge in [-0.25, -0.2) is 18.8 Å². The van der Waals surface area contributed by atoms with Crippen LogP contribution >= 0.6 is 24.0 Å². The molecule has 170 valence electrons. The summed E-state index contributed by atoms with van der Waals surface area (Å²) in [6, 6.07) is 8.30. The first-order valence-corrected chi connectivity index (χ1v) is 10.3. The van der Waals surface area contributed by atoms with Crippen LogP contribution < -0.4 is 15.5 Å². The first-order chi connectivity index (χ1) is 14.5. The number of halogens is 3. The van der Waals surface area contributed by atoms with E-state index in [2.05, 4.69) is 20.6 Å². The molecule has 0 aliphatic carbocycles. The van der Waals surface area contributed by atoms with Crippen molar-refractivity contribution in [2.24, 2.45) is 4.99 Å². The van der Waals surface area contributed by atoms with Crippen molar-refractivity contribution in [2.75, 3.05) is 38.6 Å². The lowest BCUT2D eigenvalue weighted by atomic mass is 10.1. The van der Waals surface area contributed by atoms with Crippen LogP contribution in [-0.2, 0) is 13.1 Å². The zero-order chi connectivity index (χ0) is 21.5. The standard InChI is InChI=1S/C22H30F2N6.HI/c1-4-25-22(27-13-16-7-8-19(23)17(12-16)14-29(2)3)28-18-9-11-30(15-18)21-20(24)6-5-10-26-21;/h5-8,10,12,18H,4,9,11,13-15H2,1-3H3,(H2,25,27,28);1H. The Labute approximate surface area is 200 Å². The van der Waals surface area contributed by atoms with Crippen LogP contribution in [0.5, 0.6) is 0 Å². The molecule has 3 rings (SSSR count). The first-order valence-electron chi connectivity index (χ1n) is 10.3. The quantitative estimate of drug-likeness (QED) is 0.318. The Morgan fingerprint density at radius 2 is 2.06 bits per heavy atom. The summed E-state index contributed by atoms with van der Waals surface area (Å²) >= 11 is 0. The lowest BCUT2D eigenvalue weighted by molar-refractivity contribution is 0.392. The van der Waals surface area contributed by atoms with Gasteiger partial charge >= 0.3 is 0 Å². The minimum Gasteiger partial charge on any atom is -0.357 e. The zero-order valence-corrected chi connectivity index (χ0v) is 20.6. The van der Waals surface area contributed by atoms with Gasteiger partial charge in [-0.2, -0.15) is 0 Å². The molecule has 1 aromatic heterocycles. The summed E-state index contributed by atoms with van der Waals surface area (Å²) in [5.74, 6) is 0.589. The van der Waals surface area contributed by atoms with E-state index in [9.17, 15) is 8.78 Å². The molecule has 31 heavy (non-hydrogen) atoms. The predicted molar refractivity (Wildman–Crippen MR) is 132 cm³/mol. The third-order valence-electron chi connectivity index (χ3n) is 4.93. The van der Waals surface area contributed by atoms with Gasteiger partial charge in [-0.3, -0.25) is 0 Å². The highest BCUT2D eigenvalue weighted by Crippen LogP contribution is 2.20. The van der Waals surface area contributed by atoms with E-state index in [0.717, 1.165) is 25.1 Å². The van der Waals surface area contributed by atoms with Gasteiger partial charge in [0.25, 0.3) is 0 Å². The molecule has 0 radical (unpaired) electrons. The second kappa shape index (κ2) is 12.1. The summed E-state index contributed by atoms with van der Waals surface area (Å²) < 4.78 is 28.0. The van der Waals surface area contributed by atoms with Gasteiger partial charge in [-0.1, -0.05) is 6.07 Å². The molecule has 2 aromatic rings. The summed E-state index contributed by atoms with van der Waals surface area (Å²) in [4.78, 5) is 12.7. The van der Waals surface area contributed by atoms with Crippen LogP contribution in [0.3, 0.4) is 0 Å². The molecule has 2 heterocycles. The maximum Gasteiger partial charge on any atom is 0.191 e. The molecule has 1 unspecified atom stereocenters. The summed E-state index contributed by atoms with van der Waals surface area (Å²) in [6.45, 7) is 5.12. The van der Waals surface area contributed by atoms with E-state index in [4.69, 9.17) is 0 Å².